The van der Waals surface area contributed by atoms with Crippen LogP contribution in [0.2, 0.25) is 0 Å². The Morgan fingerprint density at radius 3 is 2.31 bits per heavy atom. The van der Waals surface area contributed by atoms with Gasteiger partial charge in [-0.1, -0.05) is 12.2 Å². The number of hydrogen-bond acceptors (Lipinski definition) is 6. The smallest absolute Gasteiger partial charge is 0.246 e. The number of hydrogen-bond donors (Lipinski definition) is 1. The summed E-state index contributed by atoms with van der Waals surface area (Å²) in [6.45, 7) is 2.55. The molecule has 2 heterocycles. The van der Waals surface area contributed by atoms with Gasteiger partial charge in [-0.3, -0.25) is 19.3 Å². The second-order valence-electron chi connectivity index (χ2n) is 8.17. The van der Waals surface area contributed by atoms with Crippen LogP contribution in [-0.2, 0) is 24.4 Å². The van der Waals surface area contributed by atoms with Gasteiger partial charge in [0.25, 0.3) is 0 Å². The molecule has 3 aliphatic rings. The van der Waals surface area contributed by atoms with Crippen molar-refractivity contribution in [3.8, 4) is 5.75 Å². The predicted molar refractivity (Wildman–Crippen MR) is 116 cm³/mol. The number of amides is 3. The number of imide groups is 1. The second-order valence-corrected chi connectivity index (χ2v) is 10.1. The van der Waals surface area contributed by atoms with Crippen LogP contribution in [0.5, 0.6) is 5.75 Å². The van der Waals surface area contributed by atoms with Gasteiger partial charge in [-0.25, -0.2) is 8.42 Å². The normalized spacial score (nSPS) is 23.5. The molecule has 1 aromatic rings. The van der Waals surface area contributed by atoms with Crippen LogP contribution in [0.1, 0.15) is 32.6 Å². The van der Waals surface area contributed by atoms with Crippen molar-refractivity contribution in [2.24, 2.45) is 11.8 Å². The number of carbonyl (C=O) groups is 3. The molecule has 0 saturated carbocycles. The van der Waals surface area contributed by atoms with Crippen LogP contribution in [0, 0.1) is 11.8 Å². The standard InChI is InChI=1S/C22H27N3O6S/c1-2-31-18-10-9-15(13-19(18)32(29,30)24-11-5-6-12-24)23-20(26)14-25-21(27)16-7-3-4-8-17(16)22(25)28/h3-4,9-10,13,16-17H,2,5-8,11-12,14H2,1H3,(H,23,26)/t16-,17+. The van der Waals surface area contributed by atoms with E-state index in [9.17, 15) is 22.8 Å². The summed E-state index contributed by atoms with van der Waals surface area (Å²) in [5.41, 5.74) is 0.259. The predicted octanol–water partition coefficient (Wildman–Crippen LogP) is 1.76. The molecule has 3 amide bonds. The van der Waals surface area contributed by atoms with Gasteiger partial charge in [0.2, 0.25) is 27.7 Å². The number of nitrogens with one attached hydrogen (secondary N) is 1. The molecule has 10 heteroatoms. The van der Waals surface area contributed by atoms with Crippen molar-refractivity contribution in [3.63, 3.8) is 0 Å². The molecule has 2 aliphatic heterocycles. The lowest BCUT2D eigenvalue weighted by Crippen LogP contribution is -2.38. The number of nitrogens with zero attached hydrogens (tertiary/aromatic N) is 2. The van der Waals surface area contributed by atoms with Gasteiger partial charge in [0, 0.05) is 18.8 Å². The lowest BCUT2D eigenvalue weighted by molar-refractivity contribution is -0.142. The van der Waals surface area contributed by atoms with E-state index < -0.39 is 34.3 Å². The summed E-state index contributed by atoms with van der Waals surface area (Å²) < 4.78 is 33.1. The highest BCUT2D eigenvalue weighted by molar-refractivity contribution is 7.89. The average molecular weight is 462 g/mol. The Hall–Kier alpha value is -2.72. The summed E-state index contributed by atoms with van der Waals surface area (Å²) in [5, 5.41) is 2.62. The number of likely N-dealkylation sites (tertiary alicyclic amines) is 1. The van der Waals surface area contributed by atoms with Crippen LogP contribution >= 0.6 is 0 Å². The molecule has 0 spiro atoms. The Labute approximate surface area is 187 Å². The van der Waals surface area contributed by atoms with E-state index in [0.717, 1.165) is 17.7 Å². The fraction of sp³-hybridized carbons (Fsp3) is 0.500. The van der Waals surface area contributed by atoms with Crippen molar-refractivity contribution in [1.82, 2.24) is 9.21 Å². The molecule has 1 aliphatic carbocycles. The Balaban J connectivity index is 1.51. The monoisotopic (exact) mass is 461 g/mol. The number of anilines is 1. The number of allylic oxidation sites excluding steroid dienone is 2. The van der Waals surface area contributed by atoms with Crippen molar-refractivity contribution < 1.29 is 27.5 Å². The van der Waals surface area contributed by atoms with Crippen molar-refractivity contribution in [3.05, 3.63) is 30.4 Å². The molecule has 0 aromatic heterocycles. The minimum Gasteiger partial charge on any atom is -0.492 e. The maximum absolute atomic E-state index is 13.1. The Bertz CT molecular complexity index is 1040. The molecule has 4 rings (SSSR count). The van der Waals surface area contributed by atoms with Gasteiger partial charge in [-0.05, 0) is 50.8 Å². The molecule has 32 heavy (non-hydrogen) atoms. The maximum atomic E-state index is 13.1. The third-order valence-corrected chi connectivity index (χ3v) is 8.03. The van der Waals surface area contributed by atoms with E-state index in [1.807, 2.05) is 12.2 Å². The highest BCUT2D eigenvalue weighted by atomic mass is 32.2. The number of carbonyl (C=O) groups excluding carboxylic acids is 3. The number of rotatable bonds is 7. The highest BCUT2D eigenvalue weighted by Gasteiger charge is 2.47. The van der Waals surface area contributed by atoms with Gasteiger partial charge >= 0.3 is 0 Å². The summed E-state index contributed by atoms with van der Waals surface area (Å²) >= 11 is 0. The Morgan fingerprint density at radius 1 is 1.09 bits per heavy atom. The quantitative estimate of drug-likeness (QED) is 0.489. The molecule has 2 atom stereocenters. The first kappa shape index (κ1) is 22.5. The minimum absolute atomic E-state index is 0.00975. The summed E-state index contributed by atoms with van der Waals surface area (Å²) in [5.74, 6) is -1.80. The van der Waals surface area contributed by atoms with E-state index in [2.05, 4.69) is 5.32 Å². The maximum Gasteiger partial charge on any atom is 0.246 e. The topological polar surface area (TPSA) is 113 Å². The fourth-order valence-corrected chi connectivity index (χ4v) is 6.17. The molecule has 1 N–H and O–H groups in total. The van der Waals surface area contributed by atoms with Gasteiger partial charge in [0.1, 0.15) is 17.2 Å². The van der Waals surface area contributed by atoms with E-state index in [-0.39, 0.29) is 28.1 Å². The summed E-state index contributed by atoms with van der Waals surface area (Å²) in [4.78, 5) is 38.8. The first-order valence-corrected chi connectivity index (χ1v) is 12.3. The third-order valence-electron chi connectivity index (χ3n) is 6.11. The van der Waals surface area contributed by atoms with Gasteiger partial charge in [0.15, 0.2) is 0 Å². The zero-order valence-electron chi connectivity index (χ0n) is 18.0. The molecule has 9 nitrogen and oxygen atoms in total. The van der Waals surface area contributed by atoms with Crippen LogP contribution in [0.4, 0.5) is 5.69 Å². The Kier molecular flexibility index (Phi) is 6.34. The minimum atomic E-state index is -3.77. The molecule has 2 fully saturated rings. The largest absolute Gasteiger partial charge is 0.492 e. The van der Waals surface area contributed by atoms with Crippen LogP contribution in [0.25, 0.3) is 0 Å². The fourth-order valence-electron chi connectivity index (χ4n) is 4.50. The van der Waals surface area contributed by atoms with E-state index >= 15 is 0 Å². The van der Waals surface area contributed by atoms with Crippen LogP contribution in [0.15, 0.2) is 35.2 Å². The van der Waals surface area contributed by atoms with Crippen LogP contribution in [0.3, 0.4) is 0 Å². The van der Waals surface area contributed by atoms with Crippen molar-refractivity contribution in [2.75, 3.05) is 31.6 Å². The van der Waals surface area contributed by atoms with Gasteiger partial charge in [-0.2, -0.15) is 4.31 Å². The highest BCUT2D eigenvalue weighted by Crippen LogP contribution is 2.35. The molecule has 0 radical (unpaired) electrons. The SMILES string of the molecule is CCOc1ccc(NC(=O)CN2C(=O)[C@H]3CC=CC[C@H]3C2=O)cc1S(=O)(=O)N1CCCC1. The van der Waals surface area contributed by atoms with Gasteiger partial charge in [-0.15, -0.1) is 0 Å². The summed E-state index contributed by atoms with van der Waals surface area (Å²) in [6, 6.07) is 4.42. The second kappa shape index (κ2) is 9.03. The van der Waals surface area contributed by atoms with Gasteiger partial charge < -0.3 is 10.1 Å². The van der Waals surface area contributed by atoms with Crippen molar-refractivity contribution >= 4 is 33.4 Å². The number of sulfonamides is 1. The summed E-state index contributed by atoms with van der Waals surface area (Å²) in [6.07, 6.45) is 6.38. The van der Waals surface area contributed by atoms with E-state index in [1.54, 1.807) is 13.0 Å². The molecular formula is C22H27N3O6S. The van der Waals surface area contributed by atoms with Crippen molar-refractivity contribution in [1.29, 1.82) is 0 Å². The average Bonchev–Trinajstić information content (AvgIpc) is 3.40. The summed E-state index contributed by atoms with van der Waals surface area (Å²) in [7, 11) is -3.77. The molecule has 0 bridgehead atoms. The molecule has 0 unspecified atom stereocenters. The molecule has 2 saturated heterocycles. The van der Waals surface area contributed by atoms with Gasteiger partial charge in [0.05, 0.1) is 18.4 Å². The zero-order valence-corrected chi connectivity index (χ0v) is 18.8. The van der Waals surface area contributed by atoms with Crippen LogP contribution in [-0.4, -0.2) is 61.6 Å². The first-order valence-electron chi connectivity index (χ1n) is 10.9. The Morgan fingerprint density at radius 2 is 1.72 bits per heavy atom. The van der Waals surface area contributed by atoms with Crippen LogP contribution < -0.4 is 10.1 Å². The number of ether oxygens (including phenoxy) is 1. The molecule has 1 aromatic carbocycles. The van der Waals surface area contributed by atoms with E-state index in [4.69, 9.17) is 4.74 Å². The molecule has 172 valence electrons. The lowest BCUT2D eigenvalue weighted by Gasteiger charge is -2.19. The lowest BCUT2D eigenvalue weighted by atomic mass is 9.85. The molecular weight excluding hydrogens is 434 g/mol. The van der Waals surface area contributed by atoms with Crippen molar-refractivity contribution in [2.45, 2.75) is 37.5 Å². The van der Waals surface area contributed by atoms with E-state index in [1.165, 1.54) is 16.4 Å². The number of benzene rings is 1. The number of fused-ring (bicyclic) bond motifs is 1. The van der Waals surface area contributed by atoms with E-state index in [0.29, 0.717) is 32.5 Å². The zero-order chi connectivity index (χ0) is 22.9. The third kappa shape index (κ3) is 4.16. The first-order chi connectivity index (χ1) is 15.3.